The van der Waals surface area contributed by atoms with E-state index >= 15 is 0 Å². The summed E-state index contributed by atoms with van der Waals surface area (Å²) in [4.78, 5) is 25.9. The lowest BCUT2D eigenvalue weighted by Gasteiger charge is -2.24. The van der Waals surface area contributed by atoms with Gasteiger partial charge in [0.05, 0.1) is 13.0 Å². The van der Waals surface area contributed by atoms with E-state index in [4.69, 9.17) is 0 Å². The maximum Gasteiger partial charge on any atom is 0.242 e. The molecule has 1 unspecified atom stereocenters. The van der Waals surface area contributed by atoms with Gasteiger partial charge in [-0.15, -0.1) is 0 Å². The molecule has 0 aromatic heterocycles. The van der Waals surface area contributed by atoms with E-state index in [0.29, 0.717) is 6.42 Å². The maximum atomic E-state index is 12.2. The molecule has 1 fully saturated rings. The predicted molar refractivity (Wildman–Crippen MR) is 81.8 cm³/mol. The number of likely N-dealkylation sites (tertiary alicyclic amines) is 1. The average molecular weight is 289 g/mol. The summed E-state index contributed by atoms with van der Waals surface area (Å²) in [7, 11) is 1.89. The largest absolute Gasteiger partial charge is 0.347 e. The molecule has 0 bridgehead atoms. The Morgan fingerprint density at radius 3 is 2.76 bits per heavy atom. The van der Waals surface area contributed by atoms with E-state index in [-0.39, 0.29) is 24.4 Å². The Bertz CT molecular complexity index is 476. The summed E-state index contributed by atoms with van der Waals surface area (Å²) < 4.78 is 0. The van der Waals surface area contributed by atoms with E-state index in [1.807, 2.05) is 42.3 Å². The monoisotopic (exact) mass is 289 g/mol. The van der Waals surface area contributed by atoms with Crippen LogP contribution in [0.5, 0.6) is 0 Å². The summed E-state index contributed by atoms with van der Waals surface area (Å²) in [6.07, 6.45) is 2.38. The van der Waals surface area contributed by atoms with Gasteiger partial charge in [-0.05, 0) is 25.5 Å². The first kappa shape index (κ1) is 15.5. The SMILES string of the molecule is CNCC1CCCN1C(=O)CNC(=O)Cc1ccccc1. The van der Waals surface area contributed by atoms with E-state index in [1.165, 1.54) is 0 Å². The van der Waals surface area contributed by atoms with Crippen LogP contribution in [0, 0.1) is 0 Å². The molecule has 1 aliphatic rings. The van der Waals surface area contributed by atoms with Crippen molar-refractivity contribution in [2.24, 2.45) is 0 Å². The Labute approximate surface area is 125 Å². The van der Waals surface area contributed by atoms with Gasteiger partial charge in [0.1, 0.15) is 0 Å². The van der Waals surface area contributed by atoms with Crippen LogP contribution in [0.2, 0.25) is 0 Å². The van der Waals surface area contributed by atoms with E-state index in [0.717, 1.165) is 31.5 Å². The van der Waals surface area contributed by atoms with Gasteiger partial charge >= 0.3 is 0 Å². The molecular weight excluding hydrogens is 266 g/mol. The van der Waals surface area contributed by atoms with Crippen molar-refractivity contribution < 1.29 is 9.59 Å². The van der Waals surface area contributed by atoms with Gasteiger partial charge in [-0.1, -0.05) is 30.3 Å². The van der Waals surface area contributed by atoms with Gasteiger partial charge < -0.3 is 15.5 Å². The van der Waals surface area contributed by atoms with Crippen LogP contribution in [0.15, 0.2) is 30.3 Å². The Hall–Kier alpha value is -1.88. The minimum Gasteiger partial charge on any atom is -0.347 e. The highest BCUT2D eigenvalue weighted by Crippen LogP contribution is 2.16. The number of carbonyl (C=O) groups excluding carboxylic acids is 2. The highest BCUT2D eigenvalue weighted by Gasteiger charge is 2.27. The number of hydrogen-bond donors (Lipinski definition) is 2. The molecule has 0 radical (unpaired) electrons. The van der Waals surface area contributed by atoms with Gasteiger partial charge in [0, 0.05) is 19.1 Å². The molecule has 5 nitrogen and oxygen atoms in total. The summed E-state index contributed by atoms with van der Waals surface area (Å²) >= 11 is 0. The van der Waals surface area contributed by atoms with Gasteiger partial charge in [-0.2, -0.15) is 0 Å². The number of likely N-dealkylation sites (N-methyl/N-ethyl adjacent to an activating group) is 1. The maximum absolute atomic E-state index is 12.2. The first-order valence-corrected chi connectivity index (χ1v) is 7.45. The highest BCUT2D eigenvalue weighted by atomic mass is 16.2. The van der Waals surface area contributed by atoms with E-state index in [2.05, 4.69) is 10.6 Å². The van der Waals surface area contributed by atoms with Crippen LogP contribution < -0.4 is 10.6 Å². The standard InChI is InChI=1S/C16H23N3O2/c1-17-11-14-8-5-9-19(14)16(21)12-18-15(20)10-13-6-3-2-4-7-13/h2-4,6-7,14,17H,5,8-12H2,1H3,(H,18,20). The van der Waals surface area contributed by atoms with Crippen LogP contribution in [0.3, 0.4) is 0 Å². The van der Waals surface area contributed by atoms with Crippen LogP contribution in [-0.2, 0) is 16.0 Å². The lowest BCUT2D eigenvalue weighted by Crippen LogP contribution is -2.45. The van der Waals surface area contributed by atoms with E-state index < -0.39 is 0 Å². The van der Waals surface area contributed by atoms with Crippen molar-refractivity contribution in [1.29, 1.82) is 0 Å². The van der Waals surface area contributed by atoms with Crippen LogP contribution >= 0.6 is 0 Å². The fourth-order valence-electron chi connectivity index (χ4n) is 2.73. The van der Waals surface area contributed by atoms with Gasteiger partial charge in [0.2, 0.25) is 11.8 Å². The number of rotatable bonds is 6. The molecule has 2 rings (SSSR count). The Balaban J connectivity index is 1.77. The van der Waals surface area contributed by atoms with Crippen molar-refractivity contribution in [3.8, 4) is 0 Å². The third kappa shape index (κ3) is 4.56. The first-order valence-electron chi connectivity index (χ1n) is 7.45. The quantitative estimate of drug-likeness (QED) is 0.804. The van der Waals surface area contributed by atoms with Gasteiger partial charge in [-0.3, -0.25) is 9.59 Å². The van der Waals surface area contributed by atoms with Crippen LogP contribution in [0.1, 0.15) is 18.4 Å². The fraction of sp³-hybridized carbons (Fsp3) is 0.500. The van der Waals surface area contributed by atoms with Crippen molar-refractivity contribution in [1.82, 2.24) is 15.5 Å². The molecule has 5 heteroatoms. The number of benzene rings is 1. The second-order valence-electron chi connectivity index (χ2n) is 5.38. The van der Waals surface area contributed by atoms with E-state index in [9.17, 15) is 9.59 Å². The van der Waals surface area contributed by atoms with E-state index in [1.54, 1.807) is 0 Å². The second-order valence-corrected chi connectivity index (χ2v) is 5.38. The number of carbonyl (C=O) groups is 2. The van der Waals surface area contributed by atoms with Crippen molar-refractivity contribution in [3.05, 3.63) is 35.9 Å². The smallest absolute Gasteiger partial charge is 0.242 e. The molecule has 0 aliphatic carbocycles. The Kier molecular flexibility index (Phi) is 5.75. The Morgan fingerprint density at radius 2 is 2.05 bits per heavy atom. The molecule has 1 aromatic carbocycles. The number of nitrogens with one attached hydrogen (secondary N) is 2. The molecule has 1 atom stereocenters. The molecule has 1 saturated heterocycles. The van der Waals surface area contributed by atoms with Crippen molar-refractivity contribution in [2.45, 2.75) is 25.3 Å². The fourth-order valence-corrected chi connectivity index (χ4v) is 2.73. The van der Waals surface area contributed by atoms with Crippen LogP contribution in [0.25, 0.3) is 0 Å². The number of amides is 2. The molecule has 114 valence electrons. The summed E-state index contributed by atoms with van der Waals surface area (Å²) in [5.74, 6) is -0.104. The van der Waals surface area contributed by atoms with Crippen LogP contribution in [0.4, 0.5) is 0 Å². The van der Waals surface area contributed by atoms with Gasteiger partial charge in [-0.25, -0.2) is 0 Å². The summed E-state index contributed by atoms with van der Waals surface area (Å²) in [5.41, 5.74) is 0.955. The van der Waals surface area contributed by atoms with Crippen molar-refractivity contribution in [2.75, 3.05) is 26.7 Å². The summed E-state index contributed by atoms with van der Waals surface area (Å²) in [6, 6.07) is 9.80. The van der Waals surface area contributed by atoms with Gasteiger partial charge in [0.25, 0.3) is 0 Å². The topological polar surface area (TPSA) is 61.4 Å². The molecule has 21 heavy (non-hydrogen) atoms. The molecule has 2 N–H and O–H groups in total. The third-order valence-corrected chi connectivity index (χ3v) is 3.78. The lowest BCUT2D eigenvalue weighted by molar-refractivity contribution is -0.133. The normalized spacial score (nSPS) is 17.8. The second kappa shape index (κ2) is 7.78. The highest BCUT2D eigenvalue weighted by molar-refractivity contribution is 5.86. The minimum atomic E-state index is -0.112. The molecule has 2 amide bonds. The zero-order valence-electron chi connectivity index (χ0n) is 12.5. The van der Waals surface area contributed by atoms with Gasteiger partial charge in [0.15, 0.2) is 0 Å². The predicted octanol–water partition coefficient (Wildman–Crippen LogP) is 0.556. The average Bonchev–Trinajstić information content (AvgIpc) is 2.95. The summed E-state index contributed by atoms with van der Waals surface area (Å²) in [6.45, 7) is 1.69. The van der Waals surface area contributed by atoms with Crippen LogP contribution in [-0.4, -0.2) is 49.4 Å². The first-order chi connectivity index (χ1) is 10.2. The number of nitrogens with zero attached hydrogens (tertiary/aromatic N) is 1. The Morgan fingerprint density at radius 1 is 1.29 bits per heavy atom. The van der Waals surface area contributed by atoms with Crippen molar-refractivity contribution >= 4 is 11.8 Å². The molecule has 1 heterocycles. The zero-order chi connectivity index (χ0) is 15.1. The molecule has 0 spiro atoms. The molecule has 1 aromatic rings. The van der Waals surface area contributed by atoms with Crippen molar-refractivity contribution in [3.63, 3.8) is 0 Å². The zero-order valence-corrected chi connectivity index (χ0v) is 12.5. The molecule has 0 saturated carbocycles. The molecular formula is C16H23N3O2. The number of hydrogen-bond acceptors (Lipinski definition) is 3. The molecule has 1 aliphatic heterocycles. The third-order valence-electron chi connectivity index (χ3n) is 3.78. The lowest BCUT2D eigenvalue weighted by atomic mass is 10.1. The minimum absolute atomic E-state index is 0.00848. The summed E-state index contributed by atoms with van der Waals surface area (Å²) in [5, 5.41) is 5.83.